The number of rotatable bonds is 4. The van der Waals surface area contributed by atoms with Crippen LogP contribution in [0.5, 0.6) is 0 Å². The van der Waals surface area contributed by atoms with Gasteiger partial charge in [0.15, 0.2) is 0 Å². The van der Waals surface area contributed by atoms with Gasteiger partial charge in [0.1, 0.15) is 11.9 Å². The zero-order chi connectivity index (χ0) is 16.0. The maximum Gasteiger partial charge on any atom is 0.534 e. The molecule has 1 atom stereocenters. The van der Waals surface area contributed by atoms with Crippen molar-refractivity contribution in [1.29, 1.82) is 0 Å². The van der Waals surface area contributed by atoms with Crippen LogP contribution in [-0.2, 0) is 19.0 Å². The van der Waals surface area contributed by atoms with E-state index < -0.39 is 21.7 Å². The fourth-order valence-corrected chi connectivity index (χ4v) is 2.59. The molecule has 0 aromatic carbocycles. The van der Waals surface area contributed by atoms with Gasteiger partial charge in [-0.05, 0) is 18.9 Å². The smallest absolute Gasteiger partial charge is 0.381 e. The Morgan fingerprint density at radius 2 is 2.09 bits per heavy atom. The van der Waals surface area contributed by atoms with Crippen molar-refractivity contribution in [2.75, 3.05) is 6.61 Å². The first-order valence-corrected chi connectivity index (χ1v) is 8.04. The minimum atomic E-state index is -5.65. The Labute approximate surface area is 124 Å². The molecule has 6 nitrogen and oxygen atoms in total. The molecule has 1 aromatic rings. The van der Waals surface area contributed by atoms with Crippen molar-refractivity contribution in [3.63, 3.8) is 0 Å². The molecule has 2 aliphatic rings. The van der Waals surface area contributed by atoms with E-state index in [9.17, 15) is 21.6 Å². The Bertz CT molecular complexity index is 691. The van der Waals surface area contributed by atoms with Crippen LogP contribution < -0.4 is 0 Å². The van der Waals surface area contributed by atoms with Gasteiger partial charge in [0, 0.05) is 18.2 Å². The highest BCUT2D eigenvalue weighted by Gasteiger charge is 2.49. The van der Waals surface area contributed by atoms with Gasteiger partial charge in [-0.3, -0.25) is 4.68 Å². The molecule has 122 valence electrons. The van der Waals surface area contributed by atoms with Crippen LogP contribution in [0.3, 0.4) is 0 Å². The average Bonchev–Trinajstić information content (AvgIpc) is 3.15. The van der Waals surface area contributed by atoms with E-state index in [2.05, 4.69) is 9.28 Å². The van der Waals surface area contributed by atoms with Gasteiger partial charge in [0.05, 0.1) is 18.8 Å². The highest BCUT2D eigenvalue weighted by molar-refractivity contribution is 7.87. The average molecular weight is 338 g/mol. The van der Waals surface area contributed by atoms with Crippen LogP contribution in [0.4, 0.5) is 13.2 Å². The van der Waals surface area contributed by atoms with E-state index in [4.69, 9.17) is 4.74 Å². The fraction of sp³-hybridized carbons (Fsp3) is 0.583. The van der Waals surface area contributed by atoms with Gasteiger partial charge in [0.25, 0.3) is 0 Å². The minimum absolute atomic E-state index is 0.0391. The lowest BCUT2D eigenvalue weighted by Crippen LogP contribution is -2.26. The third-order valence-electron chi connectivity index (χ3n) is 3.35. The lowest BCUT2D eigenvalue weighted by atomic mass is 10.1. The van der Waals surface area contributed by atoms with Gasteiger partial charge in [-0.25, -0.2) is 0 Å². The Morgan fingerprint density at radius 3 is 2.73 bits per heavy atom. The van der Waals surface area contributed by atoms with Gasteiger partial charge in [0.2, 0.25) is 0 Å². The topological polar surface area (TPSA) is 70.4 Å². The number of hydrogen-bond acceptors (Lipinski definition) is 5. The van der Waals surface area contributed by atoms with Crippen LogP contribution in [0, 0.1) is 0 Å². The first-order chi connectivity index (χ1) is 10.3. The molecule has 0 bridgehead atoms. The van der Waals surface area contributed by atoms with Crippen LogP contribution in [0.25, 0.3) is 0 Å². The highest BCUT2D eigenvalue weighted by Crippen LogP contribution is 2.36. The second-order valence-electron chi connectivity index (χ2n) is 5.14. The number of aromatic nitrogens is 2. The van der Waals surface area contributed by atoms with Gasteiger partial charge >= 0.3 is 15.6 Å². The summed E-state index contributed by atoms with van der Waals surface area (Å²) >= 11 is 0. The molecule has 3 rings (SSSR count). The minimum Gasteiger partial charge on any atom is -0.381 e. The van der Waals surface area contributed by atoms with Crippen molar-refractivity contribution in [2.24, 2.45) is 0 Å². The zero-order valence-electron chi connectivity index (χ0n) is 11.3. The van der Waals surface area contributed by atoms with Crippen molar-refractivity contribution in [2.45, 2.75) is 36.9 Å². The van der Waals surface area contributed by atoms with E-state index in [1.165, 1.54) is 6.08 Å². The standard InChI is InChI=1S/C12H13F3N2O4S/c13-12(14,15)22(18,19)21-10-3-4-20-11(5-10)8-6-16-17(7-8)9-1-2-9/h5-7,9,11H,1-4H2. The number of alkyl halides is 3. The molecular formula is C12H13F3N2O4S. The van der Waals surface area contributed by atoms with Gasteiger partial charge in [-0.1, -0.05) is 0 Å². The second-order valence-corrected chi connectivity index (χ2v) is 6.68. The Hall–Kier alpha value is -1.55. The maximum absolute atomic E-state index is 12.3. The second kappa shape index (κ2) is 5.27. The first-order valence-electron chi connectivity index (χ1n) is 6.63. The molecule has 0 amide bonds. The van der Waals surface area contributed by atoms with E-state index in [0.29, 0.717) is 11.6 Å². The van der Waals surface area contributed by atoms with Crippen LogP contribution in [-0.4, -0.2) is 30.3 Å². The van der Waals surface area contributed by atoms with Crippen LogP contribution in [0.15, 0.2) is 24.2 Å². The van der Waals surface area contributed by atoms with E-state index >= 15 is 0 Å². The van der Waals surface area contributed by atoms with Gasteiger partial charge in [-0.2, -0.15) is 26.7 Å². The van der Waals surface area contributed by atoms with Crippen molar-refractivity contribution in [3.05, 3.63) is 29.8 Å². The quantitative estimate of drug-likeness (QED) is 0.623. The number of ether oxygens (including phenoxy) is 1. The number of halogens is 3. The number of hydrogen-bond donors (Lipinski definition) is 0. The molecule has 0 saturated heterocycles. The summed E-state index contributed by atoms with van der Waals surface area (Å²) in [5.74, 6) is -0.271. The molecule has 10 heteroatoms. The van der Waals surface area contributed by atoms with Crippen molar-refractivity contribution in [1.82, 2.24) is 9.78 Å². The van der Waals surface area contributed by atoms with Crippen molar-refractivity contribution < 1.29 is 30.5 Å². The molecular weight excluding hydrogens is 325 g/mol. The summed E-state index contributed by atoms with van der Waals surface area (Å²) < 4.78 is 70.4. The molecule has 1 unspecified atom stereocenters. The molecule has 1 aromatic heterocycles. The lowest BCUT2D eigenvalue weighted by Gasteiger charge is -2.21. The maximum atomic E-state index is 12.3. The summed E-state index contributed by atoms with van der Waals surface area (Å²) in [5.41, 5.74) is -4.80. The first kappa shape index (κ1) is 15.3. The van der Waals surface area contributed by atoms with Crippen LogP contribution in [0.2, 0.25) is 0 Å². The molecule has 1 aliphatic heterocycles. The Kier molecular flexibility index (Phi) is 3.68. The molecule has 0 N–H and O–H groups in total. The SMILES string of the molecule is O=S(=O)(OC1=CC(c2cnn(C3CC3)c2)OCC1)C(F)(F)F. The summed E-state index contributed by atoms with van der Waals surface area (Å²) in [5, 5.41) is 4.16. The molecule has 1 fully saturated rings. The van der Waals surface area contributed by atoms with E-state index in [0.717, 1.165) is 12.8 Å². The third kappa shape index (κ3) is 3.12. The Balaban J connectivity index is 1.76. The lowest BCUT2D eigenvalue weighted by molar-refractivity contribution is -0.0530. The predicted octanol–water partition coefficient (Wildman–Crippen LogP) is 2.43. The largest absolute Gasteiger partial charge is 0.534 e. The summed E-state index contributed by atoms with van der Waals surface area (Å²) in [6, 6.07) is 0.364. The molecule has 0 spiro atoms. The summed E-state index contributed by atoms with van der Waals surface area (Å²) in [4.78, 5) is 0. The van der Waals surface area contributed by atoms with E-state index in [1.54, 1.807) is 17.1 Å². The van der Waals surface area contributed by atoms with Gasteiger partial charge < -0.3 is 8.92 Å². The van der Waals surface area contributed by atoms with Crippen molar-refractivity contribution >= 4 is 10.1 Å². The highest BCUT2D eigenvalue weighted by atomic mass is 32.2. The van der Waals surface area contributed by atoms with Gasteiger partial charge in [-0.15, -0.1) is 0 Å². The zero-order valence-corrected chi connectivity index (χ0v) is 12.1. The third-order valence-corrected chi connectivity index (χ3v) is 4.35. The van der Waals surface area contributed by atoms with Crippen molar-refractivity contribution in [3.8, 4) is 0 Å². The number of nitrogens with zero attached hydrogens (tertiary/aromatic N) is 2. The predicted molar refractivity (Wildman–Crippen MR) is 68.0 cm³/mol. The Morgan fingerprint density at radius 1 is 1.36 bits per heavy atom. The summed E-state index contributed by atoms with van der Waals surface area (Å²) in [7, 11) is -5.65. The molecule has 1 saturated carbocycles. The summed E-state index contributed by atoms with van der Waals surface area (Å²) in [6.45, 7) is 0.0679. The molecule has 0 radical (unpaired) electrons. The summed E-state index contributed by atoms with van der Waals surface area (Å²) in [6.07, 6.45) is 5.92. The monoisotopic (exact) mass is 338 g/mol. The normalized spacial score (nSPS) is 23.2. The van der Waals surface area contributed by atoms with E-state index in [1.807, 2.05) is 0 Å². The van der Waals surface area contributed by atoms with E-state index in [-0.39, 0.29) is 18.8 Å². The molecule has 2 heterocycles. The molecule has 1 aliphatic carbocycles. The van der Waals surface area contributed by atoms with Crippen LogP contribution in [0.1, 0.15) is 37.0 Å². The fourth-order valence-electron chi connectivity index (χ4n) is 2.08. The molecule has 22 heavy (non-hydrogen) atoms. The van der Waals surface area contributed by atoms with Crippen LogP contribution >= 0.6 is 0 Å².